The molecule has 0 saturated heterocycles. The number of rotatable bonds is 4. The van der Waals surface area contributed by atoms with Crippen LogP contribution in [-0.4, -0.2) is 37.1 Å². The van der Waals surface area contributed by atoms with Gasteiger partial charge in [-0.05, 0) is 31.4 Å². The van der Waals surface area contributed by atoms with Gasteiger partial charge < -0.3 is 15.7 Å². The average Bonchev–Trinajstić information content (AvgIpc) is 2.46. The molecule has 0 heterocycles. The number of benzene rings is 1. The predicted octanol–water partition coefficient (Wildman–Crippen LogP) is 1.52. The third kappa shape index (κ3) is 3.87. The van der Waals surface area contributed by atoms with Gasteiger partial charge in [0.25, 0.3) is 0 Å². The molecular weight excluding hydrogens is 292 g/mol. The van der Waals surface area contributed by atoms with E-state index in [4.69, 9.17) is 15.7 Å². The molecule has 3 N–H and O–H groups in total. The maximum absolute atomic E-state index is 11.7. The van der Waals surface area contributed by atoms with Gasteiger partial charge in [-0.1, -0.05) is 17.3 Å². The Morgan fingerprint density at radius 2 is 2.10 bits per heavy atom. The smallest absolute Gasteiger partial charge is 0.173 e. The lowest BCUT2D eigenvalue weighted by atomic mass is 9.97. The molecule has 1 aromatic carbocycles. The molecule has 0 bridgehead atoms. The van der Waals surface area contributed by atoms with Crippen molar-refractivity contribution in [1.82, 2.24) is 0 Å². The quantitative estimate of drug-likeness (QED) is 0.380. The number of hydrogen-bond donors (Lipinski definition) is 2. The first-order chi connectivity index (χ1) is 9.91. The second-order valence-corrected chi connectivity index (χ2v) is 7.67. The minimum atomic E-state index is -3.05. The van der Waals surface area contributed by atoms with Crippen LogP contribution >= 0.6 is 0 Å². The Morgan fingerprint density at radius 3 is 2.76 bits per heavy atom. The van der Waals surface area contributed by atoms with Crippen LogP contribution in [0.15, 0.2) is 29.4 Å². The third-order valence-electron chi connectivity index (χ3n) is 3.75. The molecular formula is C14H20N2O4S. The van der Waals surface area contributed by atoms with Crippen molar-refractivity contribution in [2.24, 2.45) is 10.9 Å². The normalized spacial score (nSPS) is 23.8. The van der Waals surface area contributed by atoms with Crippen LogP contribution in [0.25, 0.3) is 0 Å². The minimum absolute atomic E-state index is 0.0268. The van der Waals surface area contributed by atoms with Crippen LogP contribution in [-0.2, 0) is 9.84 Å². The number of ether oxygens (including phenoxy) is 1. The summed E-state index contributed by atoms with van der Waals surface area (Å²) in [5.41, 5.74) is 6.12. The topological polar surface area (TPSA) is 102 Å². The molecule has 21 heavy (non-hydrogen) atoms. The molecule has 0 radical (unpaired) electrons. The zero-order valence-corrected chi connectivity index (χ0v) is 12.7. The zero-order valence-electron chi connectivity index (χ0n) is 11.9. The van der Waals surface area contributed by atoms with E-state index < -0.39 is 9.84 Å². The summed E-state index contributed by atoms with van der Waals surface area (Å²) in [6, 6.07) is 6.99. The number of nitrogens with zero attached hydrogens (tertiary/aromatic N) is 1. The highest BCUT2D eigenvalue weighted by molar-refractivity contribution is 7.91. The fraction of sp³-hybridized carbons (Fsp3) is 0.500. The van der Waals surface area contributed by atoms with Crippen LogP contribution < -0.4 is 10.5 Å². The van der Waals surface area contributed by atoms with Crippen LogP contribution in [0.3, 0.4) is 0 Å². The summed E-state index contributed by atoms with van der Waals surface area (Å²) in [4.78, 5) is 0. The highest BCUT2D eigenvalue weighted by atomic mass is 32.2. The van der Waals surface area contributed by atoms with Crippen LogP contribution in [0.1, 0.15) is 31.2 Å². The minimum Gasteiger partial charge on any atom is -0.490 e. The molecule has 2 rings (SSSR count). The molecule has 1 aromatic rings. The van der Waals surface area contributed by atoms with Gasteiger partial charge in [-0.15, -0.1) is 0 Å². The highest BCUT2D eigenvalue weighted by Gasteiger charge is 2.30. The molecule has 0 amide bonds. The molecule has 0 aliphatic heterocycles. The Balaban J connectivity index is 2.15. The third-order valence-corrected chi connectivity index (χ3v) is 5.39. The molecule has 1 aliphatic carbocycles. The van der Waals surface area contributed by atoms with Crippen molar-refractivity contribution < 1.29 is 18.4 Å². The number of para-hydroxylation sites is 1. The maximum Gasteiger partial charge on any atom is 0.173 e. The molecule has 2 atom stereocenters. The molecule has 7 heteroatoms. The van der Waals surface area contributed by atoms with Crippen molar-refractivity contribution in [1.29, 1.82) is 0 Å². The summed E-state index contributed by atoms with van der Waals surface area (Å²) < 4.78 is 29.3. The van der Waals surface area contributed by atoms with E-state index in [1.54, 1.807) is 24.3 Å². The molecule has 1 aliphatic rings. The van der Waals surface area contributed by atoms with Crippen LogP contribution in [0.5, 0.6) is 5.75 Å². The summed E-state index contributed by atoms with van der Waals surface area (Å²) in [6.07, 6.45) is 3.87. The lowest BCUT2D eigenvalue weighted by molar-refractivity contribution is 0.156. The SMILES string of the molecule is CS(=O)(=O)C1CCCC(Oc2ccccc2/C(N)=N/O)C1. The second-order valence-electron chi connectivity index (χ2n) is 5.34. The first kappa shape index (κ1) is 15.6. The summed E-state index contributed by atoms with van der Waals surface area (Å²) in [5, 5.41) is 11.4. The fourth-order valence-electron chi connectivity index (χ4n) is 2.61. The van der Waals surface area contributed by atoms with Gasteiger partial charge in [0.2, 0.25) is 0 Å². The summed E-state index contributed by atoms with van der Waals surface area (Å²) in [5.74, 6) is 0.480. The summed E-state index contributed by atoms with van der Waals surface area (Å²) in [6.45, 7) is 0. The molecule has 6 nitrogen and oxygen atoms in total. The van der Waals surface area contributed by atoms with E-state index in [-0.39, 0.29) is 17.2 Å². The van der Waals surface area contributed by atoms with Crippen molar-refractivity contribution in [2.75, 3.05) is 6.26 Å². The molecule has 0 aromatic heterocycles. The van der Waals surface area contributed by atoms with Gasteiger partial charge in [-0.2, -0.15) is 0 Å². The number of hydrogen-bond acceptors (Lipinski definition) is 5. The molecule has 116 valence electrons. The second kappa shape index (κ2) is 6.34. The number of sulfone groups is 1. The highest BCUT2D eigenvalue weighted by Crippen LogP contribution is 2.28. The number of nitrogens with two attached hydrogens (primary N) is 1. The molecule has 1 saturated carbocycles. The molecule has 0 spiro atoms. The van der Waals surface area contributed by atoms with E-state index >= 15 is 0 Å². The van der Waals surface area contributed by atoms with Gasteiger partial charge in [-0.3, -0.25) is 0 Å². The van der Waals surface area contributed by atoms with E-state index in [0.717, 1.165) is 12.8 Å². The zero-order chi connectivity index (χ0) is 15.5. The van der Waals surface area contributed by atoms with Gasteiger partial charge in [0.15, 0.2) is 5.84 Å². The van der Waals surface area contributed by atoms with Crippen molar-refractivity contribution >= 4 is 15.7 Å². The van der Waals surface area contributed by atoms with E-state index in [2.05, 4.69) is 5.16 Å². The van der Waals surface area contributed by atoms with Crippen molar-refractivity contribution in [3.8, 4) is 5.75 Å². The fourth-order valence-corrected chi connectivity index (χ4v) is 3.77. The van der Waals surface area contributed by atoms with Gasteiger partial charge in [0.05, 0.1) is 16.9 Å². The van der Waals surface area contributed by atoms with Gasteiger partial charge in [0.1, 0.15) is 15.6 Å². The molecule has 2 unspecified atom stereocenters. The Kier molecular flexibility index (Phi) is 4.72. The lowest BCUT2D eigenvalue weighted by Crippen LogP contribution is -2.33. The Hall–Kier alpha value is -1.76. The monoisotopic (exact) mass is 312 g/mol. The predicted molar refractivity (Wildman–Crippen MR) is 80.5 cm³/mol. The lowest BCUT2D eigenvalue weighted by Gasteiger charge is -2.29. The van der Waals surface area contributed by atoms with E-state index in [1.807, 2.05) is 0 Å². The number of oxime groups is 1. The van der Waals surface area contributed by atoms with Crippen LogP contribution in [0.2, 0.25) is 0 Å². The standard InChI is InChI=1S/C14H20N2O4S/c1-21(18,19)11-6-4-5-10(9-11)20-13-8-3-2-7-12(13)14(15)16-17/h2-3,7-8,10-11,17H,4-6,9H2,1H3,(H2,15,16). The van der Waals surface area contributed by atoms with E-state index in [9.17, 15) is 8.42 Å². The van der Waals surface area contributed by atoms with E-state index in [0.29, 0.717) is 24.2 Å². The Morgan fingerprint density at radius 1 is 1.38 bits per heavy atom. The van der Waals surface area contributed by atoms with E-state index in [1.165, 1.54) is 6.26 Å². The van der Waals surface area contributed by atoms with Crippen LogP contribution in [0, 0.1) is 0 Å². The summed E-state index contributed by atoms with van der Waals surface area (Å²) in [7, 11) is -3.05. The maximum atomic E-state index is 11.7. The first-order valence-corrected chi connectivity index (χ1v) is 8.79. The van der Waals surface area contributed by atoms with Gasteiger partial charge in [-0.25, -0.2) is 8.42 Å². The Labute approximate surface area is 124 Å². The summed E-state index contributed by atoms with van der Waals surface area (Å²) >= 11 is 0. The average molecular weight is 312 g/mol. The van der Waals surface area contributed by atoms with Crippen molar-refractivity contribution in [3.63, 3.8) is 0 Å². The van der Waals surface area contributed by atoms with Crippen molar-refractivity contribution in [2.45, 2.75) is 37.0 Å². The van der Waals surface area contributed by atoms with Gasteiger partial charge >= 0.3 is 0 Å². The van der Waals surface area contributed by atoms with Crippen molar-refractivity contribution in [3.05, 3.63) is 29.8 Å². The molecule has 1 fully saturated rings. The van der Waals surface area contributed by atoms with Crippen LogP contribution in [0.4, 0.5) is 0 Å². The first-order valence-electron chi connectivity index (χ1n) is 6.84. The van der Waals surface area contributed by atoms with Gasteiger partial charge in [0, 0.05) is 12.7 Å². The largest absolute Gasteiger partial charge is 0.490 e. The number of amidine groups is 1. The Bertz CT molecular complexity index is 628.